The Kier molecular flexibility index (Phi) is 12.2. The van der Waals surface area contributed by atoms with E-state index in [-0.39, 0.29) is 10.9 Å². The molecular weight excluding hydrogens is 402 g/mol. The molecule has 0 fully saturated rings. The molecule has 0 aliphatic carbocycles. The molecule has 30 heavy (non-hydrogen) atoms. The van der Waals surface area contributed by atoms with Gasteiger partial charge in [0.25, 0.3) is 0 Å². The Hall–Kier alpha value is -1.45. The molecule has 1 rings (SSSR count). The summed E-state index contributed by atoms with van der Waals surface area (Å²) in [6, 6.07) is 7.22. The Morgan fingerprint density at radius 1 is 0.833 bits per heavy atom. The van der Waals surface area contributed by atoms with Crippen LogP contribution in [-0.4, -0.2) is 67.1 Å². The van der Waals surface area contributed by atoms with Crippen molar-refractivity contribution in [2.45, 2.75) is 45.8 Å². The van der Waals surface area contributed by atoms with Gasteiger partial charge in [-0.3, -0.25) is 4.79 Å². The summed E-state index contributed by atoms with van der Waals surface area (Å²) >= 11 is 0. The number of amides is 1. The van der Waals surface area contributed by atoms with E-state index in [2.05, 4.69) is 39.2 Å². The molecule has 1 amide bonds. The average Bonchev–Trinajstić information content (AvgIpc) is 2.65. The molecule has 0 aromatic heterocycles. The number of nitrogens with one attached hydrogen (secondary N) is 1. The minimum atomic E-state index is -1.69. The highest BCUT2D eigenvalue weighted by Gasteiger charge is 2.36. The zero-order valence-electron chi connectivity index (χ0n) is 19.4. The highest BCUT2D eigenvalue weighted by atomic mass is 28.4. The van der Waals surface area contributed by atoms with E-state index in [1.165, 1.54) is 6.92 Å². The lowest BCUT2D eigenvalue weighted by atomic mass is 10.2. The lowest BCUT2D eigenvalue weighted by molar-refractivity contribution is -0.114. The van der Waals surface area contributed by atoms with Crippen LogP contribution in [0.15, 0.2) is 24.3 Å². The SMILES string of the molecule is CC(=O)Nc1ccc(OCCOCCOCCOCCO[Si](C)(C)C(C)(C)C)cc1. The zero-order valence-corrected chi connectivity index (χ0v) is 20.4. The minimum Gasteiger partial charge on any atom is -0.491 e. The highest BCUT2D eigenvalue weighted by molar-refractivity contribution is 6.74. The smallest absolute Gasteiger partial charge is 0.221 e. The van der Waals surface area contributed by atoms with Gasteiger partial charge in [0, 0.05) is 12.6 Å². The number of carbonyl (C=O) groups is 1. The van der Waals surface area contributed by atoms with Crippen molar-refractivity contribution in [2.24, 2.45) is 0 Å². The maximum absolute atomic E-state index is 11.0. The van der Waals surface area contributed by atoms with Crippen LogP contribution in [0.25, 0.3) is 0 Å². The first-order chi connectivity index (χ1) is 14.1. The second-order valence-electron chi connectivity index (χ2n) is 8.50. The fraction of sp³-hybridized carbons (Fsp3) is 0.682. The van der Waals surface area contributed by atoms with E-state index >= 15 is 0 Å². The summed E-state index contributed by atoms with van der Waals surface area (Å²) in [4.78, 5) is 11.0. The van der Waals surface area contributed by atoms with Crippen molar-refractivity contribution in [2.75, 3.05) is 58.2 Å². The van der Waals surface area contributed by atoms with Crippen molar-refractivity contribution in [1.29, 1.82) is 0 Å². The van der Waals surface area contributed by atoms with Gasteiger partial charge in [-0.25, -0.2) is 0 Å². The molecule has 0 aliphatic heterocycles. The summed E-state index contributed by atoms with van der Waals surface area (Å²) in [5.74, 6) is 0.639. The van der Waals surface area contributed by atoms with E-state index in [1.54, 1.807) is 12.1 Å². The monoisotopic (exact) mass is 441 g/mol. The molecule has 0 bridgehead atoms. The van der Waals surface area contributed by atoms with Crippen LogP contribution in [-0.2, 0) is 23.4 Å². The topological polar surface area (TPSA) is 75.3 Å². The molecular formula is C22H39NO6Si. The first-order valence-corrected chi connectivity index (χ1v) is 13.4. The summed E-state index contributed by atoms with van der Waals surface area (Å²) in [7, 11) is -1.69. The van der Waals surface area contributed by atoms with Gasteiger partial charge < -0.3 is 28.7 Å². The van der Waals surface area contributed by atoms with E-state index in [9.17, 15) is 4.79 Å². The largest absolute Gasteiger partial charge is 0.491 e. The maximum atomic E-state index is 11.0. The van der Waals surface area contributed by atoms with Gasteiger partial charge in [-0.2, -0.15) is 0 Å². The standard InChI is InChI=1S/C22H39NO6Si/c1-19(24)23-20-7-9-21(10-8-20)28-17-15-26-13-11-25-12-14-27-16-18-29-30(5,6)22(2,3)4/h7-10H,11-18H2,1-6H3,(H,23,24). The van der Waals surface area contributed by atoms with E-state index in [0.717, 1.165) is 11.4 Å². The van der Waals surface area contributed by atoms with Crippen LogP contribution < -0.4 is 10.1 Å². The molecule has 1 aromatic rings. The zero-order chi connectivity index (χ0) is 22.5. The lowest BCUT2D eigenvalue weighted by Crippen LogP contribution is -2.41. The molecule has 0 radical (unpaired) electrons. The maximum Gasteiger partial charge on any atom is 0.221 e. The molecule has 0 unspecified atom stereocenters. The fourth-order valence-corrected chi connectivity index (χ4v) is 3.20. The van der Waals surface area contributed by atoms with Gasteiger partial charge in [0.1, 0.15) is 12.4 Å². The van der Waals surface area contributed by atoms with Gasteiger partial charge >= 0.3 is 0 Å². The van der Waals surface area contributed by atoms with Crippen molar-refractivity contribution in [3.63, 3.8) is 0 Å². The van der Waals surface area contributed by atoms with Gasteiger partial charge in [-0.1, -0.05) is 20.8 Å². The Morgan fingerprint density at radius 2 is 1.30 bits per heavy atom. The molecule has 1 N–H and O–H groups in total. The van der Waals surface area contributed by atoms with Gasteiger partial charge in [0.2, 0.25) is 5.91 Å². The van der Waals surface area contributed by atoms with Crippen molar-refractivity contribution < 1.29 is 28.2 Å². The number of hydrogen-bond donors (Lipinski definition) is 1. The number of ether oxygens (including phenoxy) is 4. The first-order valence-electron chi connectivity index (χ1n) is 10.5. The van der Waals surface area contributed by atoms with Crippen LogP contribution in [0.3, 0.4) is 0 Å². The summed E-state index contributed by atoms with van der Waals surface area (Å²) in [5, 5.41) is 2.93. The molecule has 0 saturated heterocycles. The lowest BCUT2D eigenvalue weighted by Gasteiger charge is -2.36. The second kappa shape index (κ2) is 13.8. The van der Waals surface area contributed by atoms with E-state index < -0.39 is 8.32 Å². The van der Waals surface area contributed by atoms with E-state index in [1.807, 2.05) is 12.1 Å². The molecule has 0 saturated carbocycles. The normalized spacial score (nSPS) is 12.1. The minimum absolute atomic E-state index is 0.0958. The Bertz CT molecular complexity index is 601. The fourth-order valence-electron chi connectivity index (χ4n) is 2.17. The van der Waals surface area contributed by atoms with Gasteiger partial charge in [-0.05, 0) is 42.4 Å². The number of rotatable bonds is 15. The molecule has 8 heteroatoms. The predicted molar refractivity (Wildman–Crippen MR) is 122 cm³/mol. The summed E-state index contributed by atoms with van der Waals surface area (Å²) < 4.78 is 28.2. The van der Waals surface area contributed by atoms with Crippen LogP contribution in [0.1, 0.15) is 27.7 Å². The molecule has 7 nitrogen and oxygen atoms in total. The van der Waals surface area contributed by atoms with Crippen LogP contribution in [0.5, 0.6) is 5.75 Å². The van der Waals surface area contributed by atoms with Crippen molar-refractivity contribution in [1.82, 2.24) is 0 Å². The number of carbonyl (C=O) groups excluding carboxylic acids is 1. The Balaban J connectivity index is 1.91. The number of hydrogen-bond acceptors (Lipinski definition) is 6. The van der Waals surface area contributed by atoms with Crippen molar-refractivity contribution in [3.05, 3.63) is 24.3 Å². The summed E-state index contributed by atoms with van der Waals surface area (Å²) in [6.07, 6.45) is 0. The van der Waals surface area contributed by atoms with Crippen molar-refractivity contribution >= 4 is 19.9 Å². The van der Waals surface area contributed by atoms with Gasteiger partial charge in [-0.15, -0.1) is 0 Å². The average molecular weight is 442 g/mol. The third-order valence-corrected chi connectivity index (χ3v) is 9.45. The number of anilines is 1. The van der Waals surface area contributed by atoms with Crippen LogP contribution >= 0.6 is 0 Å². The van der Waals surface area contributed by atoms with Gasteiger partial charge in [0.05, 0.1) is 46.2 Å². The summed E-state index contributed by atoms with van der Waals surface area (Å²) in [6.45, 7) is 17.0. The van der Waals surface area contributed by atoms with E-state index in [4.69, 9.17) is 23.4 Å². The molecule has 0 spiro atoms. The first kappa shape index (κ1) is 26.6. The number of benzene rings is 1. The van der Waals surface area contributed by atoms with Crippen LogP contribution in [0.2, 0.25) is 18.1 Å². The highest BCUT2D eigenvalue weighted by Crippen LogP contribution is 2.36. The van der Waals surface area contributed by atoms with E-state index in [0.29, 0.717) is 52.9 Å². The predicted octanol–water partition coefficient (Wildman–Crippen LogP) is 4.10. The van der Waals surface area contributed by atoms with Crippen molar-refractivity contribution in [3.8, 4) is 5.75 Å². The molecule has 172 valence electrons. The molecule has 0 heterocycles. The molecule has 0 aliphatic rings. The summed E-state index contributed by atoms with van der Waals surface area (Å²) in [5.41, 5.74) is 0.746. The second-order valence-corrected chi connectivity index (χ2v) is 13.3. The Morgan fingerprint density at radius 3 is 1.77 bits per heavy atom. The third kappa shape index (κ3) is 11.7. The molecule has 0 atom stereocenters. The van der Waals surface area contributed by atoms with Crippen LogP contribution in [0, 0.1) is 0 Å². The third-order valence-electron chi connectivity index (χ3n) is 4.91. The molecule has 1 aromatic carbocycles. The Labute approximate surface area is 182 Å². The quantitative estimate of drug-likeness (QED) is 0.326. The van der Waals surface area contributed by atoms with Crippen LogP contribution in [0.4, 0.5) is 5.69 Å². The van der Waals surface area contributed by atoms with Gasteiger partial charge in [0.15, 0.2) is 8.32 Å².